The van der Waals surface area contributed by atoms with E-state index >= 15 is 0 Å². The van der Waals surface area contributed by atoms with Gasteiger partial charge in [0.1, 0.15) is 5.76 Å². The molecule has 1 aliphatic heterocycles. The van der Waals surface area contributed by atoms with Gasteiger partial charge in [0.2, 0.25) is 0 Å². The van der Waals surface area contributed by atoms with E-state index in [-0.39, 0.29) is 6.04 Å². The van der Waals surface area contributed by atoms with Crippen LogP contribution in [0.25, 0.3) is 0 Å². The number of allylic oxidation sites excluding steroid dienone is 1. The van der Waals surface area contributed by atoms with Crippen molar-refractivity contribution in [2.75, 3.05) is 6.61 Å². The molecule has 1 aliphatic rings. The summed E-state index contributed by atoms with van der Waals surface area (Å²) in [6.07, 6.45) is 4.19. The highest BCUT2D eigenvalue weighted by Crippen LogP contribution is 2.29. The molecule has 1 heterocycles. The van der Waals surface area contributed by atoms with Crippen molar-refractivity contribution in [2.45, 2.75) is 18.9 Å². The van der Waals surface area contributed by atoms with Crippen molar-refractivity contribution >= 4 is 34.2 Å². The Morgan fingerprint density at radius 1 is 1.44 bits per heavy atom. The highest BCUT2D eigenvalue weighted by molar-refractivity contribution is 14.1. The van der Waals surface area contributed by atoms with Crippen molar-refractivity contribution in [3.8, 4) is 0 Å². The van der Waals surface area contributed by atoms with Crippen LogP contribution < -0.4 is 5.73 Å². The average molecular weight is 350 g/mol. The third-order valence-electron chi connectivity index (χ3n) is 2.56. The van der Waals surface area contributed by atoms with E-state index in [1.165, 1.54) is 0 Å². The number of nitrogens with two attached hydrogens (primary N) is 1. The molecule has 0 amide bonds. The van der Waals surface area contributed by atoms with Gasteiger partial charge < -0.3 is 10.5 Å². The van der Waals surface area contributed by atoms with Crippen molar-refractivity contribution in [3.05, 3.63) is 44.2 Å². The lowest BCUT2D eigenvalue weighted by Gasteiger charge is -2.21. The standard InChI is InChI=1S/C12H13ClINO/c13-8-4-5-10(14)9(7-8)12(15)11-3-1-2-6-16-11/h3-5,7,12H,1-2,6,15H2. The van der Waals surface area contributed by atoms with Gasteiger partial charge in [-0.25, -0.2) is 0 Å². The predicted molar refractivity (Wildman–Crippen MR) is 74.4 cm³/mol. The Kier molecular flexibility index (Phi) is 4.10. The van der Waals surface area contributed by atoms with E-state index in [2.05, 4.69) is 28.7 Å². The van der Waals surface area contributed by atoms with Crippen molar-refractivity contribution in [1.82, 2.24) is 0 Å². The topological polar surface area (TPSA) is 35.2 Å². The fourth-order valence-corrected chi connectivity index (χ4v) is 2.55. The number of rotatable bonds is 2. The Balaban J connectivity index is 2.29. The third kappa shape index (κ3) is 2.70. The molecule has 2 nitrogen and oxygen atoms in total. The third-order valence-corrected chi connectivity index (χ3v) is 3.78. The Morgan fingerprint density at radius 3 is 2.94 bits per heavy atom. The van der Waals surface area contributed by atoms with Crippen molar-refractivity contribution in [3.63, 3.8) is 0 Å². The molecule has 2 N–H and O–H groups in total. The van der Waals surface area contributed by atoms with Gasteiger partial charge in [-0.2, -0.15) is 0 Å². The van der Waals surface area contributed by atoms with Gasteiger partial charge in [-0.1, -0.05) is 11.6 Å². The van der Waals surface area contributed by atoms with E-state index in [4.69, 9.17) is 22.1 Å². The van der Waals surface area contributed by atoms with Gasteiger partial charge in [0.05, 0.1) is 12.6 Å². The monoisotopic (exact) mass is 349 g/mol. The van der Waals surface area contributed by atoms with E-state index in [0.717, 1.165) is 34.3 Å². The molecule has 1 aromatic rings. The minimum atomic E-state index is -0.203. The molecule has 0 spiro atoms. The second-order valence-electron chi connectivity index (χ2n) is 3.74. The summed E-state index contributed by atoms with van der Waals surface area (Å²) in [5.74, 6) is 0.867. The summed E-state index contributed by atoms with van der Waals surface area (Å²) < 4.78 is 6.69. The SMILES string of the molecule is NC(C1=CCCCO1)c1cc(Cl)ccc1I. The Labute approximate surface area is 114 Å². The quantitative estimate of drug-likeness (QED) is 0.827. The Bertz CT molecular complexity index is 419. The molecule has 0 aliphatic carbocycles. The summed E-state index contributed by atoms with van der Waals surface area (Å²) >= 11 is 8.25. The summed E-state index contributed by atoms with van der Waals surface area (Å²) in [5, 5.41) is 0.710. The molecular formula is C12H13ClINO. The maximum absolute atomic E-state index is 6.18. The first-order valence-corrected chi connectivity index (χ1v) is 6.67. The van der Waals surface area contributed by atoms with Crippen LogP contribution in [0.5, 0.6) is 0 Å². The fourth-order valence-electron chi connectivity index (χ4n) is 1.70. The summed E-state index contributed by atoms with van der Waals surface area (Å²) in [4.78, 5) is 0. The van der Waals surface area contributed by atoms with E-state index in [9.17, 15) is 0 Å². The number of benzene rings is 1. The maximum atomic E-state index is 6.18. The lowest BCUT2D eigenvalue weighted by Crippen LogP contribution is -2.18. The second kappa shape index (κ2) is 5.38. The highest BCUT2D eigenvalue weighted by atomic mass is 127. The van der Waals surface area contributed by atoms with Crippen molar-refractivity contribution in [2.24, 2.45) is 5.73 Å². The van der Waals surface area contributed by atoms with Gasteiger partial charge >= 0.3 is 0 Å². The molecule has 2 rings (SSSR count). The molecule has 16 heavy (non-hydrogen) atoms. The van der Waals surface area contributed by atoms with Gasteiger partial charge in [-0.15, -0.1) is 0 Å². The summed E-state index contributed by atoms with van der Waals surface area (Å²) in [5.41, 5.74) is 7.21. The molecule has 0 aromatic heterocycles. The van der Waals surface area contributed by atoms with Crippen LogP contribution in [0.3, 0.4) is 0 Å². The molecule has 0 saturated heterocycles. The highest BCUT2D eigenvalue weighted by Gasteiger charge is 2.18. The molecule has 0 saturated carbocycles. The normalized spacial score (nSPS) is 17.6. The van der Waals surface area contributed by atoms with E-state index in [0.29, 0.717) is 5.02 Å². The van der Waals surface area contributed by atoms with Gasteiger partial charge in [0.15, 0.2) is 0 Å². The molecule has 1 unspecified atom stereocenters. The smallest absolute Gasteiger partial charge is 0.113 e. The lowest BCUT2D eigenvalue weighted by molar-refractivity contribution is 0.175. The van der Waals surface area contributed by atoms with Crippen LogP contribution in [0.2, 0.25) is 5.02 Å². The lowest BCUT2D eigenvalue weighted by atomic mass is 10.0. The van der Waals surface area contributed by atoms with Crippen LogP contribution in [-0.2, 0) is 4.74 Å². The second-order valence-corrected chi connectivity index (χ2v) is 5.34. The molecule has 0 fully saturated rings. The van der Waals surface area contributed by atoms with Crippen LogP contribution in [0.4, 0.5) is 0 Å². The first-order valence-electron chi connectivity index (χ1n) is 5.22. The molecule has 1 atom stereocenters. The van der Waals surface area contributed by atoms with Crippen molar-refractivity contribution in [1.29, 1.82) is 0 Å². The largest absolute Gasteiger partial charge is 0.496 e. The number of halogens is 2. The maximum Gasteiger partial charge on any atom is 0.113 e. The number of hydrogen-bond acceptors (Lipinski definition) is 2. The van der Waals surface area contributed by atoms with Gasteiger partial charge in [0.25, 0.3) is 0 Å². The molecular weight excluding hydrogens is 336 g/mol. The first-order chi connectivity index (χ1) is 7.68. The van der Waals surface area contributed by atoms with E-state index in [1.54, 1.807) is 0 Å². The van der Waals surface area contributed by atoms with Crippen LogP contribution >= 0.6 is 34.2 Å². The molecule has 1 aromatic carbocycles. The van der Waals surface area contributed by atoms with Crippen molar-refractivity contribution < 1.29 is 4.74 Å². The minimum absolute atomic E-state index is 0.203. The summed E-state index contributed by atoms with van der Waals surface area (Å²) in [6, 6.07) is 5.55. The fraction of sp³-hybridized carbons (Fsp3) is 0.333. The predicted octanol–water partition coefficient (Wildman–Crippen LogP) is 3.64. The summed E-state index contributed by atoms with van der Waals surface area (Å²) in [7, 11) is 0. The Hall–Kier alpha value is -0.260. The summed E-state index contributed by atoms with van der Waals surface area (Å²) in [6.45, 7) is 0.761. The number of ether oxygens (including phenoxy) is 1. The number of hydrogen-bond donors (Lipinski definition) is 1. The molecule has 0 bridgehead atoms. The zero-order chi connectivity index (χ0) is 11.5. The average Bonchev–Trinajstić information content (AvgIpc) is 2.32. The van der Waals surface area contributed by atoms with Crippen LogP contribution in [0, 0.1) is 3.57 Å². The van der Waals surface area contributed by atoms with Crippen LogP contribution in [0.15, 0.2) is 30.0 Å². The van der Waals surface area contributed by atoms with Gasteiger partial charge in [-0.05, 0) is 65.3 Å². The molecule has 0 radical (unpaired) electrons. The first kappa shape index (κ1) is 12.2. The molecule has 86 valence electrons. The van der Waals surface area contributed by atoms with Crippen LogP contribution in [-0.4, -0.2) is 6.61 Å². The zero-order valence-electron chi connectivity index (χ0n) is 8.75. The van der Waals surface area contributed by atoms with Gasteiger partial charge in [0, 0.05) is 8.59 Å². The van der Waals surface area contributed by atoms with Crippen LogP contribution in [0.1, 0.15) is 24.4 Å². The minimum Gasteiger partial charge on any atom is -0.496 e. The van der Waals surface area contributed by atoms with E-state index in [1.807, 2.05) is 18.2 Å². The Morgan fingerprint density at radius 2 is 2.25 bits per heavy atom. The molecule has 4 heteroatoms. The zero-order valence-corrected chi connectivity index (χ0v) is 11.7. The van der Waals surface area contributed by atoms with Gasteiger partial charge in [-0.3, -0.25) is 0 Å². The van der Waals surface area contributed by atoms with E-state index < -0.39 is 0 Å².